The number of halogens is 3. The summed E-state index contributed by atoms with van der Waals surface area (Å²) >= 11 is 0. The maximum atomic E-state index is 14.2. The maximum Gasteiger partial charge on any atom is 0.418 e. The minimum atomic E-state index is -4.56. The van der Waals surface area contributed by atoms with Gasteiger partial charge in [-0.3, -0.25) is 4.98 Å². The van der Waals surface area contributed by atoms with E-state index in [0.29, 0.717) is 29.4 Å². The second-order valence-corrected chi connectivity index (χ2v) is 14.7. The van der Waals surface area contributed by atoms with Gasteiger partial charge in [-0.2, -0.15) is 13.2 Å². The first-order chi connectivity index (χ1) is 26.9. The molecule has 0 bridgehead atoms. The molecule has 0 spiro atoms. The Morgan fingerprint density at radius 2 is 1.43 bits per heavy atom. The topological polar surface area (TPSA) is 59.0 Å². The molecular weight excluding hydrogens is 716 g/mol. The summed E-state index contributed by atoms with van der Waals surface area (Å²) in [5.74, 6) is 3.22. The van der Waals surface area contributed by atoms with Gasteiger partial charge in [-0.1, -0.05) is 69.7 Å². The van der Waals surface area contributed by atoms with Gasteiger partial charge in [0.1, 0.15) is 17.2 Å². The molecule has 1 unspecified atom stereocenters. The first kappa shape index (κ1) is 37.0. The lowest BCUT2D eigenvalue weighted by molar-refractivity contribution is -0.137. The summed E-state index contributed by atoms with van der Waals surface area (Å²) in [6.45, 7) is 6.98. The van der Waals surface area contributed by atoms with Gasteiger partial charge < -0.3 is 23.7 Å². The van der Waals surface area contributed by atoms with E-state index >= 15 is 0 Å². The number of benzene rings is 5. The molecule has 0 saturated carbocycles. The molecule has 56 heavy (non-hydrogen) atoms. The molecule has 1 aliphatic carbocycles. The average Bonchev–Trinajstić information content (AvgIpc) is 3.46. The van der Waals surface area contributed by atoms with E-state index in [1.165, 1.54) is 12.3 Å². The summed E-state index contributed by atoms with van der Waals surface area (Å²) in [5.41, 5.74) is 4.18. The van der Waals surface area contributed by atoms with Crippen LogP contribution in [-0.4, -0.2) is 32.9 Å². The van der Waals surface area contributed by atoms with E-state index in [9.17, 15) is 13.2 Å². The molecule has 2 aliphatic rings. The van der Waals surface area contributed by atoms with E-state index < -0.39 is 22.8 Å². The van der Waals surface area contributed by atoms with Crippen LogP contribution in [0.1, 0.15) is 67.0 Å². The number of hydrogen-bond acceptors (Lipinski definition) is 6. The quantitative estimate of drug-likeness (QED) is 0.130. The van der Waals surface area contributed by atoms with Gasteiger partial charge in [0.25, 0.3) is 0 Å². The van der Waals surface area contributed by atoms with Crippen molar-refractivity contribution in [1.82, 2.24) is 4.98 Å². The van der Waals surface area contributed by atoms with Crippen LogP contribution in [0, 0.1) is 0 Å². The standard InChI is InChI=1S/C47H42F3NO5/c1-7-8-24-55-32-18-14-30(15-19-32)46(29-12-16-31(52-4)17-13-29)22-21-34-42-41(35-26-39(53-5)40(54-6)27-36(35)44(34)56-46)33-20-11-28(25-38(33)45(42,2)3)43-37(47(48,49)50)10-9-23-51-43/h9-23,25-27H,7-8,24H2,1-6H3. The zero-order valence-corrected chi connectivity index (χ0v) is 32.1. The van der Waals surface area contributed by atoms with Crippen molar-refractivity contribution >= 4 is 16.8 Å². The van der Waals surface area contributed by atoms with Crippen LogP contribution in [0.25, 0.3) is 39.2 Å². The Hall–Kier alpha value is -5.96. The molecule has 1 atom stereocenters. The summed E-state index contributed by atoms with van der Waals surface area (Å²) in [6, 6.07) is 27.7. The third-order valence-electron chi connectivity index (χ3n) is 11.1. The number of aromatic nitrogens is 1. The highest BCUT2D eigenvalue weighted by Crippen LogP contribution is 2.59. The fourth-order valence-corrected chi connectivity index (χ4v) is 8.27. The third kappa shape index (κ3) is 5.92. The Morgan fingerprint density at radius 1 is 0.768 bits per heavy atom. The Balaban J connectivity index is 1.37. The summed E-state index contributed by atoms with van der Waals surface area (Å²) in [6.07, 6.45) is 3.05. The van der Waals surface area contributed by atoms with Crippen molar-refractivity contribution in [3.63, 3.8) is 0 Å². The zero-order valence-electron chi connectivity index (χ0n) is 32.1. The molecule has 0 fully saturated rings. The molecular formula is C47H42F3NO5. The second kappa shape index (κ2) is 14.0. The van der Waals surface area contributed by atoms with Crippen molar-refractivity contribution in [2.24, 2.45) is 0 Å². The highest BCUT2D eigenvalue weighted by molar-refractivity contribution is 6.10. The fourth-order valence-electron chi connectivity index (χ4n) is 8.27. The van der Waals surface area contributed by atoms with Crippen LogP contribution >= 0.6 is 0 Å². The van der Waals surface area contributed by atoms with Crippen LogP contribution < -0.4 is 23.7 Å². The third-order valence-corrected chi connectivity index (χ3v) is 11.1. The molecule has 1 aliphatic heterocycles. The highest BCUT2D eigenvalue weighted by Gasteiger charge is 2.45. The van der Waals surface area contributed by atoms with E-state index in [2.05, 4.69) is 37.9 Å². The SMILES string of the molecule is CCCCOc1ccc(C2(c3ccc(OC)cc3)C=Cc3c4c(c5cc(OC)c(OC)cc5c3O2)-c2ccc(-c3ncccc3C(F)(F)F)cc2C4(C)C)cc1. The lowest BCUT2D eigenvalue weighted by Gasteiger charge is -2.38. The molecule has 0 N–H and O–H groups in total. The van der Waals surface area contributed by atoms with Gasteiger partial charge in [-0.15, -0.1) is 0 Å². The molecule has 1 aromatic heterocycles. The van der Waals surface area contributed by atoms with Gasteiger partial charge in [0.2, 0.25) is 0 Å². The van der Waals surface area contributed by atoms with Gasteiger partial charge in [0, 0.05) is 39.3 Å². The van der Waals surface area contributed by atoms with E-state index in [1.807, 2.05) is 72.8 Å². The minimum Gasteiger partial charge on any atom is -0.497 e. The number of unbranched alkanes of at least 4 members (excludes halogenated alkanes) is 1. The van der Waals surface area contributed by atoms with Gasteiger partial charge in [0.05, 0.1) is 39.2 Å². The summed E-state index contributed by atoms with van der Waals surface area (Å²) < 4.78 is 73.3. The van der Waals surface area contributed by atoms with Gasteiger partial charge >= 0.3 is 6.18 Å². The predicted molar refractivity (Wildman–Crippen MR) is 213 cm³/mol. The number of alkyl halides is 3. The minimum absolute atomic E-state index is 0.109. The van der Waals surface area contributed by atoms with Crippen molar-refractivity contribution in [2.75, 3.05) is 27.9 Å². The second-order valence-electron chi connectivity index (χ2n) is 14.7. The van der Waals surface area contributed by atoms with Crippen molar-refractivity contribution in [1.29, 1.82) is 0 Å². The normalized spacial score (nSPS) is 16.4. The van der Waals surface area contributed by atoms with Crippen LogP contribution in [0.5, 0.6) is 28.7 Å². The number of nitrogens with zero attached hydrogens (tertiary/aromatic N) is 1. The number of fused-ring (bicyclic) bond motifs is 8. The molecule has 286 valence electrons. The van der Waals surface area contributed by atoms with Crippen LogP contribution in [0.2, 0.25) is 0 Å². The monoisotopic (exact) mass is 757 g/mol. The molecule has 8 rings (SSSR count). The first-order valence-electron chi connectivity index (χ1n) is 18.6. The Morgan fingerprint density at radius 3 is 2.05 bits per heavy atom. The van der Waals surface area contributed by atoms with Crippen LogP contribution in [0.3, 0.4) is 0 Å². The van der Waals surface area contributed by atoms with Gasteiger partial charge in [-0.05, 0) is 94.7 Å². The number of hydrogen-bond donors (Lipinski definition) is 0. The number of pyridine rings is 1. The van der Waals surface area contributed by atoms with E-state index in [4.69, 9.17) is 23.7 Å². The molecule has 0 saturated heterocycles. The summed E-state index contributed by atoms with van der Waals surface area (Å²) in [4.78, 5) is 4.21. The molecule has 0 amide bonds. The molecule has 5 aromatic carbocycles. The highest BCUT2D eigenvalue weighted by atomic mass is 19.4. The van der Waals surface area contributed by atoms with Crippen molar-refractivity contribution in [3.8, 4) is 51.1 Å². The van der Waals surface area contributed by atoms with Crippen molar-refractivity contribution in [2.45, 2.75) is 50.8 Å². The average molecular weight is 758 g/mol. The zero-order chi connectivity index (χ0) is 39.4. The van der Waals surface area contributed by atoms with E-state index in [0.717, 1.165) is 80.1 Å². The largest absolute Gasteiger partial charge is 0.497 e. The van der Waals surface area contributed by atoms with Gasteiger partial charge in [0.15, 0.2) is 17.1 Å². The molecule has 0 radical (unpaired) electrons. The number of rotatable bonds is 10. The van der Waals surface area contributed by atoms with Crippen LogP contribution in [-0.2, 0) is 17.2 Å². The Labute approximate surface area is 324 Å². The summed E-state index contributed by atoms with van der Waals surface area (Å²) in [7, 11) is 4.84. The van der Waals surface area contributed by atoms with E-state index in [-0.39, 0.29) is 5.69 Å². The Bertz CT molecular complexity index is 2490. The number of ether oxygens (including phenoxy) is 5. The fraction of sp³-hybridized carbons (Fsp3) is 0.255. The first-order valence-corrected chi connectivity index (χ1v) is 18.6. The maximum absolute atomic E-state index is 14.2. The Kier molecular flexibility index (Phi) is 9.22. The van der Waals surface area contributed by atoms with Gasteiger partial charge in [-0.25, -0.2) is 0 Å². The number of methoxy groups -OCH3 is 3. The lowest BCUT2D eigenvalue weighted by atomic mass is 9.76. The smallest absolute Gasteiger partial charge is 0.418 e. The van der Waals surface area contributed by atoms with E-state index in [1.54, 1.807) is 27.4 Å². The summed E-state index contributed by atoms with van der Waals surface area (Å²) in [5, 5.41) is 1.67. The predicted octanol–water partition coefficient (Wildman–Crippen LogP) is 11.8. The molecule has 9 heteroatoms. The molecule has 2 heterocycles. The lowest BCUT2D eigenvalue weighted by Crippen LogP contribution is -2.35. The van der Waals surface area contributed by atoms with Crippen LogP contribution in [0.15, 0.2) is 103 Å². The van der Waals surface area contributed by atoms with Crippen LogP contribution in [0.4, 0.5) is 13.2 Å². The molecule has 6 aromatic rings. The van der Waals surface area contributed by atoms with Crippen molar-refractivity contribution in [3.05, 3.63) is 137 Å². The van der Waals surface area contributed by atoms with Crippen molar-refractivity contribution < 1.29 is 36.9 Å². The molecule has 6 nitrogen and oxygen atoms in total.